The minimum absolute atomic E-state index is 0.241. The summed E-state index contributed by atoms with van der Waals surface area (Å²) in [4.78, 5) is 2.74. The molecular formula is C16H26OS. The molecule has 1 aromatic rings. The highest BCUT2D eigenvalue weighted by Gasteiger charge is 2.19. The van der Waals surface area contributed by atoms with Crippen LogP contribution in [-0.2, 0) is 12.8 Å². The van der Waals surface area contributed by atoms with E-state index in [0.717, 1.165) is 12.3 Å². The van der Waals surface area contributed by atoms with Crippen molar-refractivity contribution in [2.24, 2.45) is 11.8 Å². The highest BCUT2D eigenvalue weighted by molar-refractivity contribution is 7.12. The van der Waals surface area contributed by atoms with Crippen LogP contribution in [0.3, 0.4) is 0 Å². The van der Waals surface area contributed by atoms with Crippen LogP contribution in [0.5, 0.6) is 0 Å². The minimum Gasteiger partial charge on any atom is -0.388 e. The molecule has 18 heavy (non-hydrogen) atoms. The lowest BCUT2D eigenvalue weighted by Gasteiger charge is -2.17. The van der Waals surface area contributed by atoms with Gasteiger partial charge in [0.1, 0.15) is 0 Å². The van der Waals surface area contributed by atoms with Crippen molar-refractivity contribution in [3.8, 4) is 0 Å². The number of rotatable bonds is 5. The van der Waals surface area contributed by atoms with E-state index in [2.05, 4.69) is 26.8 Å². The van der Waals surface area contributed by atoms with Crippen LogP contribution in [0.2, 0.25) is 0 Å². The van der Waals surface area contributed by atoms with Crippen molar-refractivity contribution < 1.29 is 5.11 Å². The smallest absolute Gasteiger partial charge is 0.0884 e. The third-order valence-corrected chi connectivity index (χ3v) is 5.18. The topological polar surface area (TPSA) is 20.2 Å². The lowest BCUT2D eigenvalue weighted by molar-refractivity contribution is 0.145. The van der Waals surface area contributed by atoms with Gasteiger partial charge in [-0.1, -0.05) is 20.8 Å². The van der Waals surface area contributed by atoms with Crippen LogP contribution in [0.4, 0.5) is 0 Å². The third-order valence-electron chi connectivity index (χ3n) is 3.84. The summed E-state index contributed by atoms with van der Waals surface area (Å²) in [6, 6.07) is 2.27. The number of aliphatic hydroxyl groups is 1. The van der Waals surface area contributed by atoms with E-state index in [1.165, 1.54) is 47.4 Å². The second-order valence-electron chi connectivity index (χ2n) is 6.29. The van der Waals surface area contributed by atoms with Gasteiger partial charge in [0, 0.05) is 9.75 Å². The number of aliphatic hydroxyl groups excluding tert-OH is 1. The summed E-state index contributed by atoms with van der Waals surface area (Å²) < 4.78 is 0. The first-order valence-electron chi connectivity index (χ1n) is 7.35. The molecule has 1 aromatic heterocycles. The van der Waals surface area contributed by atoms with Crippen LogP contribution in [-0.4, -0.2) is 5.11 Å². The Hall–Kier alpha value is -0.340. The number of thiophene rings is 1. The van der Waals surface area contributed by atoms with Crippen molar-refractivity contribution in [1.82, 2.24) is 0 Å². The van der Waals surface area contributed by atoms with Gasteiger partial charge in [0.15, 0.2) is 0 Å². The molecule has 102 valence electrons. The van der Waals surface area contributed by atoms with Crippen molar-refractivity contribution in [2.75, 3.05) is 0 Å². The van der Waals surface area contributed by atoms with Gasteiger partial charge in [-0.05, 0) is 62.0 Å². The van der Waals surface area contributed by atoms with E-state index in [1.54, 1.807) is 0 Å². The van der Waals surface area contributed by atoms with Crippen LogP contribution < -0.4 is 0 Å². The van der Waals surface area contributed by atoms with E-state index in [-0.39, 0.29) is 6.10 Å². The number of hydrogen-bond acceptors (Lipinski definition) is 2. The molecule has 0 amide bonds. The average molecular weight is 266 g/mol. The zero-order valence-electron chi connectivity index (χ0n) is 11.9. The Labute approximate surface area is 115 Å². The second kappa shape index (κ2) is 6.21. The van der Waals surface area contributed by atoms with Crippen molar-refractivity contribution in [3.05, 3.63) is 21.4 Å². The molecule has 2 rings (SSSR count). The van der Waals surface area contributed by atoms with E-state index in [0.29, 0.717) is 5.92 Å². The van der Waals surface area contributed by atoms with Crippen LogP contribution in [0, 0.1) is 11.8 Å². The Morgan fingerprint density at radius 1 is 1.17 bits per heavy atom. The lowest BCUT2D eigenvalue weighted by atomic mass is 9.93. The molecule has 0 aromatic carbocycles. The fraction of sp³-hybridized carbons (Fsp3) is 0.750. The molecule has 0 bridgehead atoms. The van der Waals surface area contributed by atoms with E-state index in [9.17, 15) is 5.11 Å². The van der Waals surface area contributed by atoms with E-state index in [1.807, 2.05) is 11.3 Å². The summed E-state index contributed by atoms with van der Waals surface area (Å²) in [5, 5.41) is 10.4. The standard InChI is InChI=1S/C16H26OS/c1-11(2)8-12(3)9-14(17)16-10-13-6-4-5-7-15(13)18-16/h10-12,14,17H,4-9H2,1-3H3. The summed E-state index contributed by atoms with van der Waals surface area (Å²) >= 11 is 1.85. The lowest BCUT2D eigenvalue weighted by Crippen LogP contribution is -2.06. The predicted octanol–water partition coefficient (Wildman–Crippen LogP) is 4.73. The normalized spacial score (nSPS) is 18.7. The van der Waals surface area contributed by atoms with Crippen LogP contribution in [0.25, 0.3) is 0 Å². The van der Waals surface area contributed by atoms with Crippen molar-refractivity contribution in [3.63, 3.8) is 0 Å². The molecule has 0 spiro atoms. The van der Waals surface area contributed by atoms with Crippen LogP contribution in [0.15, 0.2) is 6.07 Å². The fourth-order valence-corrected chi connectivity index (χ4v) is 4.33. The second-order valence-corrected chi connectivity index (χ2v) is 7.46. The minimum atomic E-state index is -0.241. The number of fused-ring (bicyclic) bond motifs is 1. The van der Waals surface area contributed by atoms with Gasteiger partial charge in [0.2, 0.25) is 0 Å². The molecule has 0 fully saturated rings. The largest absolute Gasteiger partial charge is 0.388 e. The third kappa shape index (κ3) is 3.58. The highest BCUT2D eigenvalue weighted by Crippen LogP contribution is 2.35. The molecule has 2 atom stereocenters. The number of hydrogen-bond donors (Lipinski definition) is 1. The SMILES string of the molecule is CC(C)CC(C)CC(O)c1cc2c(s1)CCCC2. The molecule has 1 N–H and O–H groups in total. The molecule has 0 radical (unpaired) electrons. The Bertz CT molecular complexity index is 357. The molecule has 0 saturated heterocycles. The van der Waals surface area contributed by atoms with Gasteiger partial charge in [-0.15, -0.1) is 11.3 Å². The van der Waals surface area contributed by atoms with Crippen LogP contribution >= 0.6 is 11.3 Å². The van der Waals surface area contributed by atoms with Crippen molar-refractivity contribution >= 4 is 11.3 Å². The van der Waals surface area contributed by atoms with Gasteiger partial charge in [-0.25, -0.2) is 0 Å². The summed E-state index contributed by atoms with van der Waals surface area (Å²) in [7, 11) is 0. The number of aryl methyl sites for hydroxylation is 2. The Morgan fingerprint density at radius 3 is 2.56 bits per heavy atom. The summed E-state index contributed by atoms with van der Waals surface area (Å²) in [5.41, 5.74) is 1.51. The predicted molar refractivity (Wildman–Crippen MR) is 79.2 cm³/mol. The maximum absolute atomic E-state index is 10.4. The van der Waals surface area contributed by atoms with Gasteiger partial charge < -0.3 is 5.11 Å². The molecule has 1 heterocycles. The summed E-state index contributed by atoms with van der Waals surface area (Å²) in [5.74, 6) is 1.34. The van der Waals surface area contributed by atoms with Gasteiger partial charge >= 0.3 is 0 Å². The van der Waals surface area contributed by atoms with Crippen LogP contribution in [0.1, 0.15) is 67.9 Å². The van der Waals surface area contributed by atoms with E-state index >= 15 is 0 Å². The molecule has 1 nitrogen and oxygen atoms in total. The maximum atomic E-state index is 10.4. The maximum Gasteiger partial charge on any atom is 0.0884 e. The average Bonchev–Trinajstić information content (AvgIpc) is 2.71. The van der Waals surface area contributed by atoms with Gasteiger partial charge in [-0.3, -0.25) is 0 Å². The molecule has 2 heteroatoms. The van der Waals surface area contributed by atoms with Gasteiger partial charge in [-0.2, -0.15) is 0 Å². The first-order valence-corrected chi connectivity index (χ1v) is 8.17. The Balaban J connectivity index is 1.96. The van der Waals surface area contributed by atoms with Gasteiger partial charge in [0.05, 0.1) is 6.10 Å². The van der Waals surface area contributed by atoms with E-state index < -0.39 is 0 Å². The first-order chi connectivity index (χ1) is 8.56. The monoisotopic (exact) mass is 266 g/mol. The molecule has 0 saturated carbocycles. The fourth-order valence-electron chi connectivity index (χ4n) is 3.08. The van der Waals surface area contributed by atoms with Crippen molar-refractivity contribution in [1.29, 1.82) is 0 Å². The Kier molecular flexibility index (Phi) is 4.85. The van der Waals surface area contributed by atoms with E-state index in [4.69, 9.17) is 0 Å². The molecule has 1 aliphatic carbocycles. The van der Waals surface area contributed by atoms with Crippen molar-refractivity contribution in [2.45, 2.75) is 65.4 Å². The van der Waals surface area contributed by atoms with Gasteiger partial charge in [0.25, 0.3) is 0 Å². The molecular weight excluding hydrogens is 240 g/mol. The zero-order valence-corrected chi connectivity index (χ0v) is 12.7. The molecule has 1 aliphatic rings. The molecule has 0 aliphatic heterocycles. The summed E-state index contributed by atoms with van der Waals surface area (Å²) in [6.45, 7) is 6.77. The highest BCUT2D eigenvalue weighted by atomic mass is 32.1. The first kappa shape index (κ1) is 14.1. The molecule has 2 unspecified atom stereocenters. The Morgan fingerprint density at radius 2 is 1.89 bits per heavy atom. The quantitative estimate of drug-likeness (QED) is 0.816. The zero-order chi connectivity index (χ0) is 13.1. The summed E-state index contributed by atoms with van der Waals surface area (Å²) in [6.07, 6.45) is 6.98.